The summed E-state index contributed by atoms with van der Waals surface area (Å²) in [7, 11) is 0. The molecule has 2 heterocycles. The molecule has 0 radical (unpaired) electrons. The van der Waals surface area contributed by atoms with Crippen molar-refractivity contribution >= 4 is 23.4 Å². The van der Waals surface area contributed by atoms with E-state index in [2.05, 4.69) is 27.1 Å². The largest absolute Gasteiger partial charge is 0.394 e. The quantitative estimate of drug-likeness (QED) is 0.873. The van der Waals surface area contributed by atoms with Crippen LogP contribution in [0.4, 0.5) is 11.8 Å². The second kappa shape index (κ2) is 5.71. The first-order chi connectivity index (χ1) is 8.67. The van der Waals surface area contributed by atoms with Crippen LogP contribution in [0.5, 0.6) is 0 Å². The third kappa shape index (κ3) is 2.52. The van der Waals surface area contributed by atoms with E-state index in [0.717, 1.165) is 19.5 Å². The molecule has 1 aliphatic rings. The van der Waals surface area contributed by atoms with Crippen molar-refractivity contribution in [2.45, 2.75) is 26.3 Å². The number of rotatable bonds is 4. The van der Waals surface area contributed by atoms with Gasteiger partial charge in [0.15, 0.2) is 5.82 Å². The van der Waals surface area contributed by atoms with E-state index in [4.69, 9.17) is 11.6 Å². The van der Waals surface area contributed by atoms with Crippen LogP contribution in [-0.4, -0.2) is 40.8 Å². The maximum absolute atomic E-state index is 9.49. The molecule has 1 aliphatic heterocycles. The fourth-order valence-corrected chi connectivity index (χ4v) is 2.55. The molecule has 2 unspecified atom stereocenters. The Morgan fingerprint density at radius 1 is 1.61 bits per heavy atom. The Morgan fingerprint density at radius 2 is 2.39 bits per heavy atom. The van der Waals surface area contributed by atoms with Crippen LogP contribution >= 0.6 is 11.6 Å². The van der Waals surface area contributed by atoms with Gasteiger partial charge in [0.05, 0.1) is 18.8 Å². The minimum absolute atomic E-state index is 0.0897. The van der Waals surface area contributed by atoms with E-state index in [-0.39, 0.29) is 12.6 Å². The van der Waals surface area contributed by atoms with Gasteiger partial charge in [-0.2, -0.15) is 4.98 Å². The lowest BCUT2D eigenvalue weighted by molar-refractivity contribution is 0.244. The molecule has 1 aromatic rings. The van der Waals surface area contributed by atoms with Gasteiger partial charge in [0.25, 0.3) is 0 Å². The first-order valence-electron chi connectivity index (χ1n) is 6.31. The fourth-order valence-electron chi connectivity index (χ4n) is 2.35. The fraction of sp³-hybridized carbons (Fsp3) is 0.667. The Bertz CT molecular complexity index is 415. The van der Waals surface area contributed by atoms with Crippen molar-refractivity contribution in [3.63, 3.8) is 0 Å². The number of aliphatic hydroxyl groups excluding tert-OH is 1. The van der Waals surface area contributed by atoms with Crippen molar-refractivity contribution < 1.29 is 5.11 Å². The van der Waals surface area contributed by atoms with Crippen molar-refractivity contribution in [1.29, 1.82) is 0 Å². The van der Waals surface area contributed by atoms with Gasteiger partial charge in [-0.3, -0.25) is 0 Å². The van der Waals surface area contributed by atoms with Gasteiger partial charge in [0.1, 0.15) is 5.02 Å². The molecular formula is C12H19ClN4O. The molecule has 0 aliphatic carbocycles. The summed E-state index contributed by atoms with van der Waals surface area (Å²) in [6.07, 6.45) is 2.65. The van der Waals surface area contributed by atoms with Gasteiger partial charge >= 0.3 is 0 Å². The highest BCUT2D eigenvalue weighted by Crippen LogP contribution is 2.32. The summed E-state index contributed by atoms with van der Waals surface area (Å²) in [5.74, 6) is 1.74. The Balaban J connectivity index is 2.29. The average molecular weight is 271 g/mol. The second-order valence-electron chi connectivity index (χ2n) is 4.60. The molecule has 1 fully saturated rings. The van der Waals surface area contributed by atoms with Crippen LogP contribution in [0.15, 0.2) is 6.20 Å². The first kappa shape index (κ1) is 13.4. The molecule has 2 N–H and O–H groups in total. The first-order valence-corrected chi connectivity index (χ1v) is 6.69. The molecule has 2 rings (SSSR count). The minimum Gasteiger partial charge on any atom is -0.394 e. The molecule has 0 saturated carbocycles. The van der Waals surface area contributed by atoms with Crippen LogP contribution in [0.2, 0.25) is 5.02 Å². The van der Waals surface area contributed by atoms with Crippen LogP contribution in [0.25, 0.3) is 0 Å². The third-order valence-electron chi connectivity index (χ3n) is 3.40. The van der Waals surface area contributed by atoms with Crippen LogP contribution < -0.4 is 10.2 Å². The lowest BCUT2D eigenvalue weighted by Crippen LogP contribution is -2.36. The lowest BCUT2D eigenvalue weighted by atomic mass is 10.0. The number of aromatic nitrogens is 2. The van der Waals surface area contributed by atoms with Gasteiger partial charge in [0, 0.05) is 13.1 Å². The molecule has 1 saturated heterocycles. The van der Waals surface area contributed by atoms with Gasteiger partial charge in [-0.1, -0.05) is 18.5 Å². The smallest absolute Gasteiger partial charge is 0.224 e. The topological polar surface area (TPSA) is 61.3 Å². The second-order valence-corrected chi connectivity index (χ2v) is 5.01. The zero-order valence-corrected chi connectivity index (χ0v) is 11.5. The molecular weight excluding hydrogens is 252 g/mol. The Labute approximate surface area is 112 Å². The molecule has 0 bridgehead atoms. The van der Waals surface area contributed by atoms with E-state index in [1.165, 1.54) is 0 Å². The SMILES string of the molecule is CCNc1ncc(Cl)c(N2CCC(C)C2CO)n1. The number of hydrogen-bond acceptors (Lipinski definition) is 5. The summed E-state index contributed by atoms with van der Waals surface area (Å²) < 4.78 is 0. The number of halogens is 1. The highest BCUT2D eigenvalue weighted by Gasteiger charge is 2.32. The van der Waals surface area contributed by atoms with Crippen LogP contribution in [-0.2, 0) is 0 Å². The Morgan fingerprint density at radius 3 is 3.06 bits per heavy atom. The van der Waals surface area contributed by atoms with E-state index in [9.17, 15) is 5.11 Å². The number of hydrogen-bond donors (Lipinski definition) is 2. The minimum atomic E-state index is 0.0897. The van der Waals surface area contributed by atoms with Gasteiger partial charge in [-0.25, -0.2) is 4.98 Å². The monoisotopic (exact) mass is 270 g/mol. The summed E-state index contributed by atoms with van der Waals surface area (Å²) in [5.41, 5.74) is 0. The van der Waals surface area contributed by atoms with Crippen LogP contribution in [0.1, 0.15) is 20.3 Å². The third-order valence-corrected chi connectivity index (χ3v) is 3.67. The maximum Gasteiger partial charge on any atom is 0.224 e. The van der Waals surface area contributed by atoms with Crippen molar-refractivity contribution in [2.75, 3.05) is 29.9 Å². The summed E-state index contributed by atoms with van der Waals surface area (Å²) >= 11 is 6.17. The number of anilines is 2. The van der Waals surface area contributed by atoms with Crippen molar-refractivity contribution in [3.8, 4) is 0 Å². The lowest BCUT2D eigenvalue weighted by Gasteiger charge is -2.27. The Kier molecular flexibility index (Phi) is 4.24. The van der Waals surface area contributed by atoms with E-state index < -0.39 is 0 Å². The van der Waals surface area contributed by atoms with Gasteiger partial charge in [0.2, 0.25) is 5.95 Å². The summed E-state index contributed by atoms with van der Waals surface area (Å²) in [5, 5.41) is 13.1. The summed E-state index contributed by atoms with van der Waals surface area (Å²) in [6.45, 7) is 5.89. The van der Waals surface area contributed by atoms with E-state index in [1.807, 2.05) is 6.92 Å². The Hall–Kier alpha value is -1.07. The summed E-state index contributed by atoms with van der Waals surface area (Å²) in [6, 6.07) is 0.0897. The molecule has 0 amide bonds. The van der Waals surface area contributed by atoms with Crippen LogP contribution in [0, 0.1) is 5.92 Å². The van der Waals surface area contributed by atoms with Crippen LogP contribution in [0.3, 0.4) is 0 Å². The molecule has 2 atom stereocenters. The van der Waals surface area contributed by atoms with E-state index >= 15 is 0 Å². The van der Waals surface area contributed by atoms with Gasteiger partial charge in [-0.05, 0) is 19.3 Å². The predicted octanol–water partition coefficient (Wildman–Crippen LogP) is 1.77. The summed E-state index contributed by atoms with van der Waals surface area (Å²) in [4.78, 5) is 10.6. The highest BCUT2D eigenvalue weighted by atomic mass is 35.5. The zero-order chi connectivity index (χ0) is 13.1. The van der Waals surface area contributed by atoms with E-state index in [1.54, 1.807) is 6.20 Å². The molecule has 1 aromatic heterocycles. The zero-order valence-electron chi connectivity index (χ0n) is 10.7. The molecule has 5 nitrogen and oxygen atoms in total. The number of nitrogens with zero attached hydrogens (tertiary/aromatic N) is 3. The maximum atomic E-state index is 9.49. The standard InChI is InChI=1S/C12H19ClN4O/c1-3-14-12-15-6-9(13)11(16-12)17-5-4-8(2)10(17)7-18/h6,8,10,18H,3-5,7H2,1-2H3,(H,14,15,16). The number of nitrogens with one attached hydrogen (secondary N) is 1. The molecule has 100 valence electrons. The van der Waals surface area contributed by atoms with Crippen molar-refractivity contribution in [3.05, 3.63) is 11.2 Å². The predicted molar refractivity (Wildman–Crippen MR) is 73.2 cm³/mol. The van der Waals surface area contributed by atoms with Gasteiger partial charge < -0.3 is 15.3 Å². The highest BCUT2D eigenvalue weighted by molar-refractivity contribution is 6.32. The molecule has 0 aromatic carbocycles. The molecule has 6 heteroatoms. The number of aliphatic hydroxyl groups is 1. The average Bonchev–Trinajstić information content (AvgIpc) is 2.73. The van der Waals surface area contributed by atoms with Crippen molar-refractivity contribution in [1.82, 2.24) is 9.97 Å². The van der Waals surface area contributed by atoms with Gasteiger partial charge in [-0.15, -0.1) is 0 Å². The molecule has 18 heavy (non-hydrogen) atoms. The normalized spacial score (nSPS) is 23.4. The van der Waals surface area contributed by atoms with E-state index in [0.29, 0.717) is 22.7 Å². The molecule has 0 spiro atoms. The van der Waals surface area contributed by atoms with Crippen molar-refractivity contribution in [2.24, 2.45) is 5.92 Å².